The molecule has 0 aromatic heterocycles. The number of hydrogen-bond acceptors (Lipinski definition) is 3. The quantitative estimate of drug-likeness (QED) is 0.849. The SMILES string of the molecule is Cc1ccc(CCC(=O)NCC(=O)N2CCNC[C@H]2C)cc1.Cl. The highest BCUT2D eigenvalue weighted by Crippen LogP contribution is 2.06. The van der Waals surface area contributed by atoms with E-state index in [0.717, 1.165) is 18.7 Å². The van der Waals surface area contributed by atoms with E-state index in [-0.39, 0.29) is 36.8 Å². The smallest absolute Gasteiger partial charge is 0.242 e. The molecule has 128 valence electrons. The Labute approximate surface area is 144 Å². The van der Waals surface area contributed by atoms with Crippen LogP contribution < -0.4 is 10.6 Å². The molecule has 6 heteroatoms. The third-order valence-corrected chi connectivity index (χ3v) is 4.02. The lowest BCUT2D eigenvalue weighted by Gasteiger charge is -2.34. The fourth-order valence-corrected chi connectivity index (χ4v) is 2.59. The molecule has 1 fully saturated rings. The number of piperazine rings is 1. The number of rotatable bonds is 5. The molecular formula is C17H26ClN3O2. The number of amides is 2. The average Bonchev–Trinajstić information content (AvgIpc) is 2.52. The first-order valence-electron chi connectivity index (χ1n) is 7.88. The summed E-state index contributed by atoms with van der Waals surface area (Å²) in [4.78, 5) is 25.8. The highest BCUT2D eigenvalue weighted by atomic mass is 35.5. The van der Waals surface area contributed by atoms with Crippen LogP contribution >= 0.6 is 12.4 Å². The molecule has 0 bridgehead atoms. The molecule has 1 aliphatic rings. The first kappa shape index (κ1) is 19.5. The molecular weight excluding hydrogens is 314 g/mol. The second-order valence-electron chi connectivity index (χ2n) is 5.90. The van der Waals surface area contributed by atoms with Crippen LogP contribution in [0.1, 0.15) is 24.5 Å². The van der Waals surface area contributed by atoms with E-state index in [1.54, 1.807) is 0 Å². The van der Waals surface area contributed by atoms with Crippen molar-refractivity contribution < 1.29 is 9.59 Å². The van der Waals surface area contributed by atoms with Gasteiger partial charge in [0.05, 0.1) is 6.54 Å². The zero-order chi connectivity index (χ0) is 15.9. The monoisotopic (exact) mass is 339 g/mol. The van der Waals surface area contributed by atoms with Crippen LogP contribution in [-0.2, 0) is 16.0 Å². The van der Waals surface area contributed by atoms with Crippen LogP contribution in [0.2, 0.25) is 0 Å². The van der Waals surface area contributed by atoms with Gasteiger partial charge in [0.2, 0.25) is 11.8 Å². The summed E-state index contributed by atoms with van der Waals surface area (Å²) in [6, 6.07) is 8.35. The van der Waals surface area contributed by atoms with Gasteiger partial charge in [0, 0.05) is 32.1 Å². The van der Waals surface area contributed by atoms with E-state index in [0.29, 0.717) is 19.4 Å². The number of hydrogen-bond donors (Lipinski definition) is 2. The molecule has 1 aromatic rings. The van der Waals surface area contributed by atoms with Crippen molar-refractivity contribution in [3.05, 3.63) is 35.4 Å². The second-order valence-corrected chi connectivity index (χ2v) is 5.90. The Morgan fingerprint density at radius 2 is 2.00 bits per heavy atom. The Bertz CT molecular complexity index is 519. The van der Waals surface area contributed by atoms with E-state index in [1.165, 1.54) is 5.56 Å². The third-order valence-electron chi connectivity index (χ3n) is 4.02. The van der Waals surface area contributed by atoms with Crippen molar-refractivity contribution in [1.29, 1.82) is 0 Å². The van der Waals surface area contributed by atoms with Gasteiger partial charge in [-0.2, -0.15) is 0 Å². The summed E-state index contributed by atoms with van der Waals surface area (Å²) in [5, 5.41) is 5.98. The van der Waals surface area contributed by atoms with E-state index in [4.69, 9.17) is 0 Å². The molecule has 1 aliphatic heterocycles. The summed E-state index contributed by atoms with van der Waals surface area (Å²) in [5.74, 6) is -0.0746. The van der Waals surface area contributed by atoms with Crippen LogP contribution in [0.15, 0.2) is 24.3 Å². The van der Waals surface area contributed by atoms with Gasteiger partial charge in [0.25, 0.3) is 0 Å². The topological polar surface area (TPSA) is 61.4 Å². The van der Waals surface area contributed by atoms with Gasteiger partial charge in [0.1, 0.15) is 0 Å². The number of halogens is 1. The summed E-state index contributed by atoms with van der Waals surface area (Å²) < 4.78 is 0. The van der Waals surface area contributed by atoms with Crippen LogP contribution in [0, 0.1) is 6.92 Å². The summed E-state index contributed by atoms with van der Waals surface area (Å²) >= 11 is 0. The molecule has 1 heterocycles. The molecule has 2 N–H and O–H groups in total. The summed E-state index contributed by atoms with van der Waals surface area (Å²) in [6.45, 7) is 6.49. The molecule has 1 atom stereocenters. The maximum Gasteiger partial charge on any atom is 0.242 e. The van der Waals surface area contributed by atoms with Crippen molar-refractivity contribution in [1.82, 2.24) is 15.5 Å². The van der Waals surface area contributed by atoms with E-state index in [9.17, 15) is 9.59 Å². The Balaban J connectivity index is 0.00000264. The number of carbonyl (C=O) groups is 2. The molecule has 0 radical (unpaired) electrons. The lowest BCUT2D eigenvalue weighted by molar-refractivity contribution is -0.135. The van der Waals surface area contributed by atoms with Gasteiger partial charge in [-0.3, -0.25) is 9.59 Å². The number of nitrogens with zero attached hydrogens (tertiary/aromatic N) is 1. The summed E-state index contributed by atoms with van der Waals surface area (Å²) in [6.07, 6.45) is 1.11. The van der Waals surface area contributed by atoms with Crippen molar-refractivity contribution >= 4 is 24.2 Å². The Morgan fingerprint density at radius 3 is 2.65 bits per heavy atom. The fraction of sp³-hybridized carbons (Fsp3) is 0.529. The van der Waals surface area contributed by atoms with Gasteiger partial charge in [-0.05, 0) is 25.8 Å². The fourth-order valence-electron chi connectivity index (χ4n) is 2.59. The molecule has 2 rings (SSSR count). The molecule has 1 aromatic carbocycles. The van der Waals surface area contributed by atoms with Gasteiger partial charge in [-0.15, -0.1) is 12.4 Å². The molecule has 1 saturated heterocycles. The molecule has 5 nitrogen and oxygen atoms in total. The molecule has 0 saturated carbocycles. The minimum atomic E-state index is -0.0725. The van der Waals surface area contributed by atoms with Crippen molar-refractivity contribution in [2.45, 2.75) is 32.7 Å². The lowest BCUT2D eigenvalue weighted by atomic mass is 10.1. The zero-order valence-corrected chi connectivity index (χ0v) is 14.6. The predicted octanol–water partition coefficient (Wildman–Crippen LogP) is 1.29. The Hall–Kier alpha value is -1.59. The number of carbonyl (C=O) groups excluding carboxylic acids is 2. The van der Waals surface area contributed by atoms with Crippen molar-refractivity contribution in [3.63, 3.8) is 0 Å². The van der Waals surface area contributed by atoms with Crippen LogP contribution in [0.5, 0.6) is 0 Å². The third kappa shape index (κ3) is 6.20. The molecule has 0 aliphatic carbocycles. The normalized spacial score (nSPS) is 17.3. The van der Waals surface area contributed by atoms with Crippen LogP contribution in [0.4, 0.5) is 0 Å². The number of aryl methyl sites for hydroxylation is 2. The molecule has 0 spiro atoms. The largest absolute Gasteiger partial charge is 0.347 e. The standard InChI is InChI=1S/C17H25N3O2.ClH/c1-13-3-5-15(6-4-13)7-8-16(21)19-12-17(22)20-10-9-18-11-14(20)2;/h3-6,14,18H,7-12H2,1-2H3,(H,19,21);1H/t14-;/m1./s1. The van der Waals surface area contributed by atoms with Gasteiger partial charge < -0.3 is 15.5 Å². The first-order chi connectivity index (χ1) is 10.6. The van der Waals surface area contributed by atoms with E-state index >= 15 is 0 Å². The maximum atomic E-state index is 12.1. The van der Waals surface area contributed by atoms with Gasteiger partial charge in [0.15, 0.2) is 0 Å². The van der Waals surface area contributed by atoms with Crippen molar-refractivity contribution in [3.8, 4) is 0 Å². The van der Waals surface area contributed by atoms with Crippen LogP contribution in [-0.4, -0.2) is 48.9 Å². The summed E-state index contributed by atoms with van der Waals surface area (Å²) in [5.41, 5.74) is 2.35. The highest BCUT2D eigenvalue weighted by Gasteiger charge is 2.22. The summed E-state index contributed by atoms with van der Waals surface area (Å²) in [7, 11) is 0. The molecule has 0 unspecified atom stereocenters. The minimum absolute atomic E-state index is 0. The maximum absolute atomic E-state index is 12.1. The van der Waals surface area contributed by atoms with Crippen LogP contribution in [0.3, 0.4) is 0 Å². The van der Waals surface area contributed by atoms with Crippen molar-refractivity contribution in [2.75, 3.05) is 26.2 Å². The Morgan fingerprint density at radius 1 is 1.30 bits per heavy atom. The van der Waals surface area contributed by atoms with Gasteiger partial charge in [-0.25, -0.2) is 0 Å². The van der Waals surface area contributed by atoms with E-state index < -0.39 is 0 Å². The highest BCUT2D eigenvalue weighted by molar-refractivity contribution is 5.85. The average molecular weight is 340 g/mol. The van der Waals surface area contributed by atoms with E-state index in [2.05, 4.69) is 10.6 Å². The predicted molar refractivity (Wildman–Crippen MR) is 93.8 cm³/mol. The molecule has 2 amide bonds. The van der Waals surface area contributed by atoms with E-state index in [1.807, 2.05) is 43.0 Å². The first-order valence-corrected chi connectivity index (χ1v) is 7.88. The molecule has 23 heavy (non-hydrogen) atoms. The number of nitrogens with one attached hydrogen (secondary N) is 2. The van der Waals surface area contributed by atoms with Gasteiger partial charge >= 0.3 is 0 Å². The van der Waals surface area contributed by atoms with Gasteiger partial charge in [-0.1, -0.05) is 29.8 Å². The van der Waals surface area contributed by atoms with Crippen LogP contribution in [0.25, 0.3) is 0 Å². The Kier molecular flexibility index (Phi) is 8.06. The zero-order valence-electron chi connectivity index (χ0n) is 13.8. The van der Waals surface area contributed by atoms with Crippen molar-refractivity contribution in [2.24, 2.45) is 0 Å². The minimum Gasteiger partial charge on any atom is -0.347 e. The second kappa shape index (κ2) is 9.53. The number of benzene rings is 1. The lowest BCUT2D eigenvalue weighted by Crippen LogP contribution is -2.54.